The molecule has 7 nitrogen and oxygen atoms in total. The molecule has 3 N–H and O–H groups in total. The number of benzene rings is 2. The summed E-state index contributed by atoms with van der Waals surface area (Å²) in [5.41, 5.74) is 5.48. The van der Waals surface area contributed by atoms with Gasteiger partial charge >= 0.3 is 0 Å². The van der Waals surface area contributed by atoms with Crippen LogP contribution in [-0.4, -0.2) is 27.5 Å². The highest BCUT2D eigenvalue weighted by atomic mass is 32.1. The molecule has 3 aromatic rings. The zero-order valence-corrected chi connectivity index (χ0v) is 15.0. The van der Waals surface area contributed by atoms with Crippen molar-refractivity contribution in [3.63, 3.8) is 0 Å². The summed E-state index contributed by atoms with van der Waals surface area (Å²) in [6.45, 7) is 3.59. The van der Waals surface area contributed by atoms with Crippen molar-refractivity contribution in [2.24, 2.45) is 10.3 Å². The Morgan fingerprint density at radius 1 is 1.19 bits per heavy atom. The van der Waals surface area contributed by atoms with E-state index in [0.29, 0.717) is 10.8 Å². The molecule has 0 saturated heterocycles. The van der Waals surface area contributed by atoms with Gasteiger partial charge in [-0.3, -0.25) is 10.2 Å². The fourth-order valence-electron chi connectivity index (χ4n) is 2.26. The molecule has 3 rings (SSSR count). The van der Waals surface area contributed by atoms with Gasteiger partial charge in [0.2, 0.25) is 5.13 Å². The zero-order valence-electron chi connectivity index (χ0n) is 14.2. The van der Waals surface area contributed by atoms with Crippen molar-refractivity contribution in [3.8, 4) is 0 Å². The van der Waals surface area contributed by atoms with Crippen molar-refractivity contribution in [1.82, 2.24) is 4.98 Å². The number of amides is 1. The van der Waals surface area contributed by atoms with Crippen LogP contribution in [0.15, 0.2) is 58.8 Å². The fraction of sp³-hybridized carbons (Fsp3) is 0.111. The maximum Gasteiger partial charge on any atom is 0.279 e. The highest BCUT2D eigenvalue weighted by Crippen LogP contribution is 2.26. The smallest absolute Gasteiger partial charge is 0.279 e. The van der Waals surface area contributed by atoms with Crippen LogP contribution in [-0.2, 0) is 4.79 Å². The van der Waals surface area contributed by atoms with Crippen LogP contribution in [0.5, 0.6) is 0 Å². The van der Waals surface area contributed by atoms with E-state index in [1.807, 2.05) is 31.2 Å². The number of nitrogens with zero attached hydrogens (tertiary/aromatic N) is 3. The standard InChI is InChI=1S/C18H17N5O2S/c1-11-8-9-14-15(10-11)26-18(20-14)22-21-12(2)16(23-25)17(24)19-13-6-4-3-5-7-13/h3-10,25H,1-2H3,(H,19,24)(H,20,22)/b21-12+,23-16+. The average Bonchev–Trinajstić information content (AvgIpc) is 3.03. The van der Waals surface area contributed by atoms with Gasteiger partial charge in [-0.1, -0.05) is 40.8 Å². The molecule has 1 aromatic heterocycles. The van der Waals surface area contributed by atoms with Crippen LogP contribution in [0, 0.1) is 6.92 Å². The number of carbonyl (C=O) groups excluding carboxylic acids is 1. The molecule has 1 heterocycles. The maximum absolute atomic E-state index is 12.3. The van der Waals surface area contributed by atoms with E-state index < -0.39 is 5.91 Å². The van der Waals surface area contributed by atoms with Crippen molar-refractivity contribution in [3.05, 3.63) is 54.1 Å². The number of aromatic nitrogens is 1. The molecule has 0 unspecified atom stereocenters. The normalized spacial score (nSPS) is 12.2. The second-order valence-electron chi connectivity index (χ2n) is 5.57. The number of thiazole rings is 1. The number of rotatable bonds is 5. The number of hydrogen-bond acceptors (Lipinski definition) is 7. The number of carbonyl (C=O) groups is 1. The highest BCUT2D eigenvalue weighted by Gasteiger charge is 2.16. The molecule has 0 radical (unpaired) electrons. The summed E-state index contributed by atoms with van der Waals surface area (Å²) in [6.07, 6.45) is 0. The quantitative estimate of drug-likeness (QED) is 0.362. The number of nitrogens with one attached hydrogen (secondary N) is 2. The first-order chi connectivity index (χ1) is 12.6. The molecule has 0 spiro atoms. The Labute approximate surface area is 154 Å². The van der Waals surface area contributed by atoms with Gasteiger partial charge in [-0.25, -0.2) is 4.98 Å². The number of oxime groups is 1. The lowest BCUT2D eigenvalue weighted by atomic mass is 10.2. The summed E-state index contributed by atoms with van der Waals surface area (Å²) in [5.74, 6) is -0.554. The summed E-state index contributed by atoms with van der Waals surface area (Å²) in [5, 5.41) is 19.6. The summed E-state index contributed by atoms with van der Waals surface area (Å²) >= 11 is 1.45. The topological polar surface area (TPSA) is 99.0 Å². The first-order valence-corrected chi connectivity index (χ1v) is 8.65. The zero-order chi connectivity index (χ0) is 18.5. The Balaban J connectivity index is 1.72. The molecule has 1 amide bonds. The largest absolute Gasteiger partial charge is 0.410 e. The Hall–Kier alpha value is -3.26. The lowest BCUT2D eigenvalue weighted by molar-refractivity contribution is -0.110. The summed E-state index contributed by atoms with van der Waals surface area (Å²) in [6, 6.07) is 14.9. The molecule has 132 valence electrons. The minimum absolute atomic E-state index is 0.182. The number of para-hydroxylation sites is 1. The van der Waals surface area contributed by atoms with Gasteiger partial charge in [-0.2, -0.15) is 5.10 Å². The monoisotopic (exact) mass is 367 g/mol. The van der Waals surface area contributed by atoms with Crippen LogP contribution in [0.3, 0.4) is 0 Å². The fourth-order valence-corrected chi connectivity index (χ4v) is 3.16. The van der Waals surface area contributed by atoms with Crippen molar-refractivity contribution in [2.45, 2.75) is 13.8 Å². The lowest BCUT2D eigenvalue weighted by Crippen LogP contribution is -2.29. The second-order valence-corrected chi connectivity index (χ2v) is 6.60. The summed E-state index contributed by atoms with van der Waals surface area (Å²) in [7, 11) is 0. The van der Waals surface area contributed by atoms with Gasteiger partial charge in [-0.05, 0) is 43.7 Å². The molecule has 2 aromatic carbocycles. The molecular weight excluding hydrogens is 350 g/mol. The third kappa shape index (κ3) is 4.04. The van der Waals surface area contributed by atoms with E-state index >= 15 is 0 Å². The van der Waals surface area contributed by atoms with Gasteiger partial charge in [-0.15, -0.1) is 0 Å². The van der Waals surface area contributed by atoms with Gasteiger partial charge < -0.3 is 10.5 Å². The minimum Gasteiger partial charge on any atom is -0.410 e. The van der Waals surface area contributed by atoms with Crippen molar-refractivity contribution < 1.29 is 10.0 Å². The number of hydrogen-bond donors (Lipinski definition) is 3. The second kappa shape index (κ2) is 7.75. The minimum atomic E-state index is -0.554. The van der Waals surface area contributed by atoms with E-state index in [4.69, 9.17) is 0 Å². The van der Waals surface area contributed by atoms with Crippen LogP contribution in [0.1, 0.15) is 12.5 Å². The summed E-state index contributed by atoms with van der Waals surface area (Å²) < 4.78 is 1.04. The Kier molecular flexibility index (Phi) is 5.23. The molecule has 26 heavy (non-hydrogen) atoms. The van der Waals surface area contributed by atoms with Gasteiger partial charge in [0.25, 0.3) is 5.91 Å². The molecule has 8 heteroatoms. The molecule has 0 atom stereocenters. The molecule has 0 aliphatic carbocycles. The maximum atomic E-state index is 12.3. The van der Waals surface area contributed by atoms with Crippen molar-refractivity contribution >= 4 is 49.7 Å². The van der Waals surface area contributed by atoms with E-state index in [1.165, 1.54) is 11.3 Å². The lowest BCUT2D eigenvalue weighted by Gasteiger charge is -2.06. The van der Waals surface area contributed by atoms with Gasteiger partial charge in [0.1, 0.15) is 0 Å². The number of hydrazone groups is 1. The van der Waals surface area contributed by atoms with Gasteiger partial charge in [0.05, 0.1) is 15.9 Å². The molecule has 0 aliphatic heterocycles. The van der Waals surface area contributed by atoms with Crippen LogP contribution in [0.2, 0.25) is 0 Å². The first kappa shape index (κ1) is 17.6. The predicted molar refractivity (Wildman–Crippen MR) is 105 cm³/mol. The molecule has 0 saturated carbocycles. The van der Waals surface area contributed by atoms with Crippen LogP contribution >= 0.6 is 11.3 Å². The van der Waals surface area contributed by atoms with E-state index in [2.05, 4.69) is 26.0 Å². The summed E-state index contributed by atoms with van der Waals surface area (Å²) in [4.78, 5) is 16.7. The molecular formula is C18H17N5O2S. The van der Waals surface area contributed by atoms with E-state index in [0.717, 1.165) is 15.8 Å². The predicted octanol–water partition coefficient (Wildman–Crippen LogP) is 3.86. The molecule has 0 fully saturated rings. The Morgan fingerprint density at radius 3 is 2.69 bits per heavy atom. The average molecular weight is 367 g/mol. The Morgan fingerprint density at radius 2 is 1.96 bits per heavy atom. The first-order valence-electron chi connectivity index (χ1n) is 7.83. The van der Waals surface area contributed by atoms with Gasteiger partial charge in [0, 0.05) is 5.69 Å². The van der Waals surface area contributed by atoms with Crippen molar-refractivity contribution in [1.29, 1.82) is 0 Å². The van der Waals surface area contributed by atoms with Crippen LogP contribution in [0.25, 0.3) is 10.2 Å². The van der Waals surface area contributed by atoms with E-state index in [1.54, 1.807) is 31.2 Å². The van der Waals surface area contributed by atoms with Crippen molar-refractivity contribution in [2.75, 3.05) is 10.7 Å². The van der Waals surface area contributed by atoms with Crippen LogP contribution in [0.4, 0.5) is 10.8 Å². The third-order valence-electron chi connectivity index (χ3n) is 3.55. The molecule has 0 bridgehead atoms. The number of aryl methyl sites for hydroxylation is 1. The number of fused-ring (bicyclic) bond motifs is 1. The van der Waals surface area contributed by atoms with Crippen LogP contribution < -0.4 is 10.7 Å². The van der Waals surface area contributed by atoms with E-state index in [9.17, 15) is 10.0 Å². The van der Waals surface area contributed by atoms with E-state index in [-0.39, 0.29) is 11.4 Å². The third-order valence-corrected chi connectivity index (χ3v) is 4.48. The van der Waals surface area contributed by atoms with Gasteiger partial charge in [0.15, 0.2) is 5.71 Å². The Bertz CT molecular complexity index is 995. The highest BCUT2D eigenvalue weighted by molar-refractivity contribution is 7.22. The SMILES string of the molecule is CC(=N\Nc1nc2ccc(C)cc2s1)/C(=N\O)C(=O)Nc1ccccc1. The number of anilines is 2. The molecule has 0 aliphatic rings.